The van der Waals surface area contributed by atoms with Gasteiger partial charge in [-0.25, -0.2) is 4.79 Å². The van der Waals surface area contributed by atoms with Crippen LogP contribution in [0, 0.1) is 0 Å². The SMILES string of the molecule is CC(=O)N(C1CCCCC1)C1(C(=O)O)CCC1. The molecule has 0 radical (unpaired) electrons. The molecule has 4 nitrogen and oxygen atoms in total. The number of carboxylic acids is 1. The smallest absolute Gasteiger partial charge is 0.329 e. The Morgan fingerprint density at radius 2 is 1.71 bits per heavy atom. The summed E-state index contributed by atoms with van der Waals surface area (Å²) in [5, 5.41) is 9.44. The second kappa shape index (κ2) is 4.67. The van der Waals surface area contributed by atoms with E-state index in [0.717, 1.165) is 32.1 Å². The van der Waals surface area contributed by atoms with E-state index in [1.807, 2.05) is 0 Å². The molecule has 2 aliphatic rings. The summed E-state index contributed by atoms with van der Waals surface area (Å²) in [6.07, 6.45) is 7.54. The van der Waals surface area contributed by atoms with Gasteiger partial charge in [0.15, 0.2) is 0 Å². The molecule has 0 aromatic rings. The maximum absolute atomic E-state index is 11.8. The van der Waals surface area contributed by atoms with E-state index < -0.39 is 11.5 Å². The predicted molar refractivity (Wildman–Crippen MR) is 63.6 cm³/mol. The van der Waals surface area contributed by atoms with Gasteiger partial charge in [-0.05, 0) is 32.1 Å². The molecule has 2 fully saturated rings. The molecule has 0 aromatic heterocycles. The van der Waals surface area contributed by atoms with E-state index in [0.29, 0.717) is 12.8 Å². The molecule has 96 valence electrons. The number of nitrogens with zero attached hydrogens (tertiary/aromatic N) is 1. The topological polar surface area (TPSA) is 57.6 Å². The number of carbonyl (C=O) groups is 2. The minimum Gasteiger partial charge on any atom is -0.479 e. The van der Waals surface area contributed by atoms with Gasteiger partial charge in [-0.3, -0.25) is 4.79 Å². The van der Waals surface area contributed by atoms with E-state index in [-0.39, 0.29) is 11.9 Å². The molecule has 0 bridgehead atoms. The lowest BCUT2D eigenvalue weighted by Crippen LogP contribution is -2.64. The minimum atomic E-state index is -0.881. The maximum Gasteiger partial charge on any atom is 0.329 e. The van der Waals surface area contributed by atoms with Gasteiger partial charge in [0.05, 0.1) is 0 Å². The highest BCUT2D eigenvalue weighted by Crippen LogP contribution is 2.41. The summed E-state index contributed by atoms with van der Waals surface area (Å²) >= 11 is 0. The van der Waals surface area contributed by atoms with Crippen LogP contribution in [0.5, 0.6) is 0 Å². The quantitative estimate of drug-likeness (QED) is 0.821. The summed E-state index contributed by atoms with van der Waals surface area (Å²) in [7, 11) is 0. The predicted octanol–water partition coefficient (Wildman–Crippen LogP) is 2.17. The fraction of sp³-hybridized carbons (Fsp3) is 0.846. The molecule has 0 aromatic carbocycles. The summed E-state index contributed by atoms with van der Waals surface area (Å²) in [6, 6.07) is 0.151. The Morgan fingerprint density at radius 3 is 2.06 bits per heavy atom. The summed E-state index contributed by atoms with van der Waals surface area (Å²) in [6.45, 7) is 1.51. The number of hydrogen-bond donors (Lipinski definition) is 1. The first-order valence-corrected chi connectivity index (χ1v) is 6.61. The zero-order valence-electron chi connectivity index (χ0n) is 10.4. The van der Waals surface area contributed by atoms with Crippen molar-refractivity contribution in [1.82, 2.24) is 4.90 Å². The summed E-state index contributed by atoms with van der Waals surface area (Å²) < 4.78 is 0. The van der Waals surface area contributed by atoms with Crippen LogP contribution in [-0.2, 0) is 9.59 Å². The monoisotopic (exact) mass is 239 g/mol. The van der Waals surface area contributed by atoms with Crippen LogP contribution in [0.1, 0.15) is 58.3 Å². The van der Waals surface area contributed by atoms with Gasteiger partial charge in [0, 0.05) is 13.0 Å². The molecule has 1 amide bonds. The van der Waals surface area contributed by atoms with Crippen LogP contribution in [0.25, 0.3) is 0 Å². The van der Waals surface area contributed by atoms with Crippen LogP contribution < -0.4 is 0 Å². The van der Waals surface area contributed by atoms with Crippen molar-refractivity contribution in [3.63, 3.8) is 0 Å². The molecule has 0 spiro atoms. The molecule has 2 saturated carbocycles. The normalized spacial score (nSPS) is 23.8. The molecule has 0 heterocycles. The van der Waals surface area contributed by atoms with Crippen molar-refractivity contribution in [3.05, 3.63) is 0 Å². The Labute approximate surface area is 102 Å². The number of aliphatic carboxylic acids is 1. The van der Waals surface area contributed by atoms with E-state index in [4.69, 9.17) is 0 Å². The van der Waals surface area contributed by atoms with Crippen molar-refractivity contribution in [1.29, 1.82) is 0 Å². The minimum absolute atomic E-state index is 0.0704. The van der Waals surface area contributed by atoms with Crippen molar-refractivity contribution in [2.75, 3.05) is 0 Å². The Kier molecular flexibility index (Phi) is 3.40. The standard InChI is InChI=1S/C13H21NO3/c1-10(15)14(11-6-3-2-4-7-11)13(12(16)17)8-5-9-13/h11H,2-9H2,1H3,(H,16,17). The molecule has 0 aliphatic heterocycles. The lowest BCUT2D eigenvalue weighted by Gasteiger charge is -2.50. The van der Waals surface area contributed by atoms with Gasteiger partial charge < -0.3 is 10.0 Å². The van der Waals surface area contributed by atoms with E-state index in [2.05, 4.69) is 0 Å². The van der Waals surface area contributed by atoms with Crippen molar-refractivity contribution in [3.8, 4) is 0 Å². The molecule has 2 rings (SSSR count). The largest absolute Gasteiger partial charge is 0.479 e. The fourth-order valence-corrected chi connectivity index (χ4v) is 3.32. The lowest BCUT2D eigenvalue weighted by molar-refractivity contribution is -0.170. The van der Waals surface area contributed by atoms with Crippen LogP contribution in [0.3, 0.4) is 0 Å². The number of amides is 1. The third-order valence-corrected chi connectivity index (χ3v) is 4.32. The first kappa shape index (κ1) is 12.4. The molecule has 1 N–H and O–H groups in total. The van der Waals surface area contributed by atoms with Crippen LogP contribution >= 0.6 is 0 Å². The van der Waals surface area contributed by atoms with Gasteiger partial charge in [-0.15, -0.1) is 0 Å². The maximum atomic E-state index is 11.8. The second-order valence-electron chi connectivity index (χ2n) is 5.37. The van der Waals surface area contributed by atoms with Gasteiger partial charge in [0.25, 0.3) is 0 Å². The summed E-state index contributed by atoms with van der Waals surface area (Å²) in [5.74, 6) is -0.886. The zero-order valence-corrected chi connectivity index (χ0v) is 10.4. The van der Waals surface area contributed by atoms with Crippen molar-refractivity contribution < 1.29 is 14.7 Å². The van der Waals surface area contributed by atoms with Gasteiger partial charge in [-0.1, -0.05) is 19.3 Å². The first-order chi connectivity index (χ1) is 8.08. The van der Waals surface area contributed by atoms with E-state index in [1.54, 1.807) is 4.90 Å². The summed E-state index contributed by atoms with van der Waals surface area (Å²) in [5.41, 5.74) is -0.881. The van der Waals surface area contributed by atoms with Gasteiger partial charge in [-0.2, -0.15) is 0 Å². The lowest BCUT2D eigenvalue weighted by atomic mass is 9.73. The van der Waals surface area contributed by atoms with Gasteiger partial charge in [0.2, 0.25) is 5.91 Å². The highest BCUT2D eigenvalue weighted by Gasteiger charge is 2.52. The molecule has 0 atom stereocenters. The van der Waals surface area contributed by atoms with Crippen molar-refractivity contribution in [2.24, 2.45) is 0 Å². The van der Waals surface area contributed by atoms with Gasteiger partial charge in [0.1, 0.15) is 5.54 Å². The average molecular weight is 239 g/mol. The third kappa shape index (κ3) is 2.05. The Morgan fingerprint density at radius 1 is 1.12 bits per heavy atom. The molecule has 17 heavy (non-hydrogen) atoms. The Bertz CT molecular complexity index is 317. The zero-order chi connectivity index (χ0) is 12.5. The second-order valence-corrected chi connectivity index (χ2v) is 5.37. The van der Waals surface area contributed by atoms with Crippen LogP contribution in [0.2, 0.25) is 0 Å². The highest BCUT2D eigenvalue weighted by atomic mass is 16.4. The molecule has 0 saturated heterocycles. The van der Waals surface area contributed by atoms with Crippen LogP contribution in [0.15, 0.2) is 0 Å². The third-order valence-electron chi connectivity index (χ3n) is 4.32. The van der Waals surface area contributed by atoms with Crippen molar-refractivity contribution >= 4 is 11.9 Å². The average Bonchev–Trinajstić information content (AvgIpc) is 2.23. The van der Waals surface area contributed by atoms with E-state index >= 15 is 0 Å². The summed E-state index contributed by atoms with van der Waals surface area (Å²) in [4.78, 5) is 25.0. The van der Waals surface area contributed by atoms with E-state index in [9.17, 15) is 14.7 Å². The Hall–Kier alpha value is -1.06. The fourth-order valence-electron chi connectivity index (χ4n) is 3.32. The molecule has 0 unspecified atom stereocenters. The molecular weight excluding hydrogens is 218 g/mol. The number of carbonyl (C=O) groups excluding carboxylic acids is 1. The Balaban J connectivity index is 2.21. The number of carboxylic acid groups (broad SMARTS) is 1. The highest BCUT2D eigenvalue weighted by molar-refractivity contribution is 5.87. The van der Waals surface area contributed by atoms with Crippen LogP contribution in [0.4, 0.5) is 0 Å². The van der Waals surface area contributed by atoms with Crippen LogP contribution in [-0.4, -0.2) is 33.5 Å². The molecule has 2 aliphatic carbocycles. The first-order valence-electron chi connectivity index (χ1n) is 6.61. The number of hydrogen-bond acceptors (Lipinski definition) is 2. The molecular formula is C13H21NO3. The van der Waals surface area contributed by atoms with Gasteiger partial charge >= 0.3 is 5.97 Å². The van der Waals surface area contributed by atoms with E-state index in [1.165, 1.54) is 13.3 Å². The molecule has 4 heteroatoms. The van der Waals surface area contributed by atoms with Crippen molar-refractivity contribution in [2.45, 2.75) is 69.9 Å². The number of rotatable bonds is 3.